The number of aromatic nitrogens is 2. The lowest BCUT2D eigenvalue weighted by Crippen LogP contribution is -2.28. The number of hydrogen-bond donors (Lipinski definition) is 2. The van der Waals surface area contributed by atoms with Gasteiger partial charge >= 0.3 is 0 Å². The maximum atomic E-state index is 11.7. The smallest absolute Gasteiger partial charge is 0.221 e. The average Bonchev–Trinajstić information content (AvgIpc) is 3.21. The first-order valence-corrected chi connectivity index (χ1v) is 7.40. The van der Waals surface area contributed by atoms with Crippen molar-refractivity contribution >= 4 is 5.91 Å². The summed E-state index contributed by atoms with van der Waals surface area (Å²) in [7, 11) is 0. The summed E-state index contributed by atoms with van der Waals surface area (Å²) < 4.78 is 1.82. The monoisotopic (exact) mass is 284 g/mol. The Hall–Kier alpha value is -2.14. The van der Waals surface area contributed by atoms with Gasteiger partial charge in [0.1, 0.15) is 0 Å². The molecule has 5 nitrogen and oxygen atoms in total. The van der Waals surface area contributed by atoms with Crippen molar-refractivity contribution < 1.29 is 4.79 Å². The molecule has 5 heteroatoms. The first-order chi connectivity index (χ1) is 10.3. The highest BCUT2D eigenvalue weighted by Gasteiger charge is 2.19. The molecule has 0 spiro atoms. The fourth-order valence-corrected chi connectivity index (χ4v) is 2.14. The van der Waals surface area contributed by atoms with Crippen LogP contribution in [-0.4, -0.2) is 28.3 Å². The third-order valence-electron chi connectivity index (χ3n) is 3.51. The van der Waals surface area contributed by atoms with Gasteiger partial charge in [-0.2, -0.15) is 5.10 Å². The standard InChI is InChI=1S/C16H20N4O/c21-16(8-9-17-14-6-7-14)18-10-13-11-19-20(12-13)15-4-2-1-3-5-15/h1-5,11-12,14,17H,6-10H2,(H,18,21). The summed E-state index contributed by atoms with van der Waals surface area (Å²) in [5, 5.41) is 10.6. The van der Waals surface area contributed by atoms with Crippen molar-refractivity contribution in [3.63, 3.8) is 0 Å². The topological polar surface area (TPSA) is 59.0 Å². The molecule has 0 unspecified atom stereocenters. The predicted octanol–water partition coefficient (Wildman–Crippen LogP) is 1.63. The SMILES string of the molecule is O=C(CCNC1CC1)NCc1cnn(-c2ccccc2)c1. The first kappa shape index (κ1) is 13.8. The quantitative estimate of drug-likeness (QED) is 0.812. The highest BCUT2D eigenvalue weighted by molar-refractivity contribution is 5.76. The Morgan fingerprint density at radius 3 is 2.86 bits per heavy atom. The summed E-state index contributed by atoms with van der Waals surface area (Å²) in [6.45, 7) is 1.29. The van der Waals surface area contributed by atoms with Gasteiger partial charge in [-0.25, -0.2) is 4.68 Å². The van der Waals surface area contributed by atoms with Gasteiger partial charge in [-0.15, -0.1) is 0 Å². The zero-order valence-electron chi connectivity index (χ0n) is 12.0. The number of amides is 1. The minimum atomic E-state index is 0.0793. The van der Waals surface area contributed by atoms with Crippen molar-refractivity contribution in [3.8, 4) is 5.69 Å². The highest BCUT2D eigenvalue weighted by Crippen LogP contribution is 2.18. The van der Waals surface area contributed by atoms with Crippen molar-refractivity contribution in [3.05, 3.63) is 48.3 Å². The van der Waals surface area contributed by atoms with E-state index in [0.717, 1.165) is 17.8 Å². The maximum Gasteiger partial charge on any atom is 0.221 e. The molecule has 0 atom stereocenters. The number of carbonyl (C=O) groups is 1. The van der Waals surface area contributed by atoms with E-state index >= 15 is 0 Å². The molecule has 1 amide bonds. The Morgan fingerprint density at radius 2 is 2.10 bits per heavy atom. The fraction of sp³-hybridized carbons (Fsp3) is 0.375. The number of benzene rings is 1. The molecule has 1 heterocycles. The molecular formula is C16H20N4O. The largest absolute Gasteiger partial charge is 0.352 e. The molecule has 1 saturated carbocycles. The molecule has 0 saturated heterocycles. The van der Waals surface area contributed by atoms with Crippen molar-refractivity contribution in [1.82, 2.24) is 20.4 Å². The summed E-state index contributed by atoms with van der Waals surface area (Å²) in [6, 6.07) is 10.6. The van der Waals surface area contributed by atoms with Crippen LogP contribution in [0, 0.1) is 0 Å². The molecular weight excluding hydrogens is 264 g/mol. The zero-order valence-corrected chi connectivity index (χ0v) is 12.0. The van der Waals surface area contributed by atoms with Crippen LogP contribution >= 0.6 is 0 Å². The normalized spacial score (nSPS) is 14.1. The highest BCUT2D eigenvalue weighted by atomic mass is 16.1. The molecule has 3 rings (SSSR count). The summed E-state index contributed by atoms with van der Waals surface area (Å²) in [4.78, 5) is 11.7. The van der Waals surface area contributed by atoms with Gasteiger partial charge in [0.05, 0.1) is 11.9 Å². The van der Waals surface area contributed by atoms with Crippen LogP contribution in [0.1, 0.15) is 24.8 Å². The molecule has 2 aromatic rings. The second-order valence-electron chi connectivity index (χ2n) is 5.38. The lowest BCUT2D eigenvalue weighted by molar-refractivity contribution is -0.121. The van der Waals surface area contributed by atoms with Gasteiger partial charge in [0, 0.05) is 37.3 Å². The molecule has 1 aromatic carbocycles. The molecule has 1 aliphatic rings. The Labute approximate surface area is 124 Å². The van der Waals surface area contributed by atoms with Gasteiger partial charge in [-0.05, 0) is 25.0 Å². The summed E-state index contributed by atoms with van der Waals surface area (Å²) in [5.41, 5.74) is 2.02. The van der Waals surface area contributed by atoms with E-state index < -0.39 is 0 Å². The maximum absolute atomic E-state index is 11.7. The lowest BCUT2D eigenvalue weighted by atomic mass is 10.3. The van der Waals surface area contributed by atoms with Crippen LogP contribution in [-0.2, 0) is 11.3 Å². The second kappa shape index (κ2) is 6.54. The minimum Gasteiger partial charge on any atom is -0.352 e. The van der Waals surface area contributed by atoms with Gasteiger partial charge in [0.15, 0.2) is 0 Å². The summed E-state index contributed by atoms with van der Waals surface area (Å²) >= 11 is 0. The van der Waals surface area contributed by atoms with Gasteiger partial charge in [-0.1, -0.05) is 18.2 Å². The van der Waals surface area contributed by atoms with E-state index in [1.807, 2.05) is 41.2 Å². The molecule has 110 valence electrons. The molecule has 2 N–H and O–H groups in total. The van der Waals surface area contributed by atoms with E-state index in [4.69, 9.17) is 0 Å². The van der Waals surface area contributed by atoms with E-state index in [9.17, 15) is 4.79 Å². The van der Waals surface area contributed by atoms with Gasteiger partial charge in [0.2, 0.25) is 5.91 Å². The van der Waals surface area contributed by atoms with Crippen LogP contribution in [0.2, 0.25) is 0 Å². The van der Waals surface area contributed by atoms with Crippen molar-refractivity contribution in [2.45, 2.75) is 31.8 Å². The van der Waals surface area contributed by atoms with E-state index in [-0.39, 0.29) is 5.91 Å². The number of nitrogens with zero attached hydrogens (tertiary/aromatic N) is 2. The van der Waals surface area contributed by atoms with Crippen LogP contribution in [0.3, 0.4) is 0 Å². The summed E-state index contributed by atoms with van der Waals surface area (Å²) in [6.07, 6.45) is 6.76. The minimum absolute atomic E-state index is 0.0793. The van der Waals surface area contributed by atoms with E-state index in [0.29, 0.717) is 19.0 Å². The third-order valence-corrected chi connectivity index (χ3v) is 3.51. The Morgan fingerprint density at radius 1 is 1.29 bits per heavy atom. The predicted molar refractivity (Wildman–Crippen MR) is 81.1 cm³/mol. The molecule has 1 aromatic heterocycles. The van der Waals surface area contributed by atoms with Crippen LogP contribution in [0.5, 0.6) is 0 Å². The summed E-state index contributed by atoms with van der Waals surface area (Å²) in [5.74, 6) is 0.0793. The number of para-hydroxylation sites is 1. The van der Waals surface area contributed by atoms with Gasteiger partial charge in [0.25, 0.3) is 0 Å². The van der Waals surface area contributed by atoms with Crippen LogP contribution in [0.15, 0.2) is 42.7 Å². The Bertz CT molecular complexity index is 589. The second-order valence-corrected chi connectivity index (χ2v) is 5.38. The van der Waals surface area contributed by atoms with E-state index in [1.165, 1.54) is 12.8 Å². The fourth-order valence-electron chi connectivity index (χ4n) is 2.14. The first-order valence-electron chi connectivity index (χ1n) is 7.40. The zero-order chi connectivity index (χ0) is 14.5. The van der Waals surface area contributed by atoms with Gasteiger partial charge in [-0.3, -0.25) is 4.79 Å². The van der Waals surface area contributed by atoms with Crippen molar-refractivity contribution in [2.75, 3.05) is 6.54 Å². The van der Waals surface area contributed by atoms with Crippen LogP contribution in [0.25, 0.3) is 5.69 Å². The lowest BCUT2D eigenvalue weighted by Gasteiger charge is -2.04. The molecule has 1 aliphatic carbocycles. The molecule has 0 aliphatic heterocycles. The van der Waals surface area contributed by atoms with Crippen LogP contribution in [0.4, 0.5) is 0 Å². The van der Waals surface area contributed by atoms with Crippen LogP contribution < -0.4 is 10.6 Å². The number of hydrogen-bond acceptors (Lipinski definition) is 3. The molecule has 0 radical (unpaired) electrons. The molecule has 21 heavy (non-hydrogen) atoms. The van der Waals surface area contributed by atoms with Crippen molar-refractivity contribution in [2.24, 2.45) is 0 Å². The number of nitrogens with one attached hydrogen (secondary N) is 2. The van der Waals surface area contributed by atoms with Crippen molar-refractivity contribution in [1.29, 1.82) is 0 Å². The van der Waals surface area contributed by atoms with Gasteiger partial charge < -0.3 is 10.6 Å². The van der Waals surface area contributed by atoms with E-state index in [2.05, 4.69) is 15.7 Å². The molecule has 1 fully saturated rings. The average molecular weight is 284 g/mol. The number of carbonyl (C=O) groups excluding carboxylic acids is 1. The number of rotatable bonds is 7. The Balaban J connectivity index is 1.44. The molecule has 0 bridgehead atoms. The third kappa shape index (κ3) is 4.16. The Kier molecular flexibility index (Phi) is 4.31. The van der Waals surface area contributed by atoms with E-state index in [1.54, 1.807) is 6.20 Å².